The number of halogens is 1. The highest BCUT2D eigenvalue weighted by Crippen LogP contribution is 2.37. The van der Waals surface area contributed by atoms with Crippen LogP contribution >= 0.6 is 0 Å². The molecule has 0 bridgehead atoms. The summed E-state index contributed by atoms with van der Waals surface area (Å²) in [5.41, 5.74) is 4.91. The number of fused-ring (bicyclic) bond motifs is 4. The summed E-state index contributed by atoms with van der Waals surface area (Å²) < 4.78 is 28.3. The quantitative estimate of drug-likeness (QED) is 0.326. The van der Waals surface area contributed by atoms with Crippen LogP contribution in [0.25, 0.3) is 11.3 Å². The number of amides is 2. The molecule has 0 N–H and O–H groups in total. The van der Waals surface area contributed by atoms with Gasteiger partial charge in [0.15, 0.2) is 11.5 Å². The summed E-state index contributed by atoms with van der Waals surface area (Å²) in [6, 6.07) is 15.0. The number of hydrogen-bond donors (Lipinski definition) is 0. The highest BCUT2D eigenvalue weighted by Gasteiger charge is 2.35. The standard InChI is InChI=1S/C32H29FN4O5/c1-18-13-21(33)14-19(2)29(18)34-28-17-25-24-16-27(42-4)26(41-3)15-20(24)9-10-35(25)32(40)36(28)11-12-37-30(38)22-7-5-6-8-23(22)31(37)39/h5-8,13-17H,9-12H2,1-4H3/b34-28+. The van der Waals surface area contributed by atoms with Gasteiger partial charge in [-0.3, -0.25) is 23.6 Å². The summed E-state index contributed by atoms with van der Waals surface area (Å²) in [6.07, 6.45) is 0.591. The molecule has 2 aliphatic rings. The zero-order valence-corrected chi connectivity index (χ0v) is 23.7. The Hall–Kier alpha value is -4.99. The topological polar surface area (TPSA) is 95.1 Å². The molecular formula is C32H29FN4O5. The van der Waals surface area contributed by atoms with Crippen molar-refractivity contribution in [2.45, 2.75) is 33.4 Å². The number of imide groups is 1. The number of carbonyl (C=O) groups is 2. The van der Waals surface area contributed by atoms with Gasteiger partial charge in [-0.05, 0) is 73.4 Å². The fourth-order valence-electron chi connectivity index (χ4n) is 5.80. The largest absolute Gasteiger partial charge is 0.493 e. The normalized spacial score (nSPS) is 14.1. The average molecular weight is 569 g/mol. The Balaban J connectivity index is 1.51. The fraction of sp³-hybridized carbons (Fsp3) is 0.250. The highest BCUT2D eigenvalue weighted by atomic mass is 19.1. The molecule has 0 aliphatic carbocycles. The van der Waals surface area contributed by atoms with E-state index in [0.717, 1.165) is 16.0 Å². The molecular weight excluding hydrogens is 539 g/mol. The van der Waals surface area contributed by atoms with Crippen molar-refractivity contribution in [1.29, 1.82) is 0 Å². The Morgan fingerprint density at radius 1 is 0.833 bits per heavy atom. The van der Waals surface area contributed by atoms with E-state index in [2.05, 4.69) is 0 Å². The summed E-state index contributed by atoms with van der Waals surface area (Å²) in [7, 11) is 3.13. The molecule has 10 heteroatoms. The lowest BCUT2D eigenvalue weighted by Gasteiger charge is -2.25. The zero-order chi connectivity index (χ0) is 29.7. The van der Waals surface area contributed by atoms with Crippen molar-refractivity contribution in [2.24, 2.45) is 4.99 Å². The van der Waals surface area contributed by atoms with Gasteiger partial charge in [-0.25, -0.2) is 14.2 Å². The third kappa shape index (κ3) is 4.39. The van der Waals surface area contributed by atoms with E-state index in [9.17, 15) is 18.8 Å². The molecule has 0 atom stereocenters. The Bertz CT molecular complexity index is 1870. The minimum absolute atomic E-state index is 0.0168. The summed E-state index contributed by atoms with van der Waals surface area (Å²) >= 11 is 0. The van der Waals surface area contributed by atoms with Crippen molar-refractivity contribution >= 4 is 17.5 Å². The predicted molar refractivity (Wildman–Crippen MR) is 154 cm³/mol. The monoisotopic (exact) mass is 568 g/mol. The van der Waals surface area contributed by atoms with Gasteiger partial charge in [-0.1, -0.05) is 12.1 Å². The first kappa shape index (κ1) is 27.2. The molecule has 214 valence electrons. The molecule has 1 aromatic heterocycles. The van der Waals surface area contributed by atoms with Crippen LogP contribution in [0, 0.1) is 19.7 Å². The maximum Gasteiger partial charge on any atom is 0.330 e. The van der Waals surface area contributed by atoms with Gasteiger partial charge in [0, 0.05) is 31.3 Å². The molecule has 0 spiro atoms. The van der Waals surface area contributed by atoms with Crippen LogP contribution in [0.1, 0.15) is 37.4 Å². The van der Waals surface area contributed by atoms with Gasteiger partial charge in [-0.2, -0.15) is 0 Å². The lowest BCUT2D eigenvalue weighted by Crippen LogP contribution is -2.45. The first-order chi connectivity index (χ1) is 20.2. The van der Waals surface area contributed by atoms with Gasteiger partial charge < -0.3 is 9.47 Å². The first-order valence-corrected chi connectivity index (χ1v) is 13.6. The number of ether oxygens (including phenoxy) is 2. The zero-order valence-electron chi connectivity index (χ0n) is 23.7. The van der Waals surface area contributed by atoms with Gasteiger partial charge in [0.05, 0.1) is 36.7 Å². The van der Waals surface area contributed by atoms with Crippen molar-refractivity contribution in [3.8, 4) is 22.8 Å². The van der Waals surface area contributed by atoms with Crippen molar-refractivity contribution in [3.05, 3.63) is 104 Å². The van der Waals surface area contributed by atoms with E-state index in [1.807, 2.05) is 18.2 Å². The summed E-state index contributed by atoms with van der Waals surface area (Å²) in [5.74, 6) is -0.0338. The second-order valence-electron chi connectivity index (χ2n) is 10.4. The fourth-order valence-corrected chi connectivity index (χ4v) is 5.80. The first-order valence-electron chi connectivity index (χ1n) is 13.6. The highest BCUT2D eigenvalue weighted by molar-refractivity contribution is 6.21. The van der Waals surface area contributed by atoms with Gasteiger partial charge in [-0.15, -0.1) is 0 Å². The third-order valence-corrected chi connectivity index (χ3v) is 7.89. The molecule has 3 heterocycles. The Labute approximate surface area is 241 Å². The van der Waals surface area contributed by atoms with Crippen molar-refractivity contribution in [2.75, 3.05) is 20.8 Å². The van der Waals surface area contributed by atoms with Crippen LogP contribution in [-0.2, 0) is 19.5 Å². The van der Waals surface area contributed by atoms with E-state index in [4.69, 9.17) is 14.5 Å². The second-order valence-corrected chi connectivity index (χ2v) is 10.4. The Morgan fingerprint density at radius 2 is 1.45 bits per heavy atom. The number of benzene rings is 3. The SMILES string of the molecule is COc1cc2c(cc1OC)-c1c/c(=N\c3c(C)cc(F)cc3C)n(CCN3C(=O)c4ccccc4C3=O)c(=O)n1CC2. The third-order valence-electron chi connectivity index (χ3n) is 7.89. The number of aromatic nitrogens is 2. The number of methoxy groups -OCH3 is 2. The number of aryl methyl sites for hydroxylation is 3. The van der Waals surface area contributed by atoms with E-state index in [1.165, 1.54) is 16.7 Å². The van der Waals surface area contributed by atoms with Crippen molar-refractivity contribution in [3.63, 3.8) is 0 Å². The van der Waals surface area contributed by atoms with E-state index in [1.54, 1.807) is 56.9 Å². The van der Waals surface area contributed by atoms with E-state index in [-0.39, 0.29) is 24.6 Å². The minimum Gasteiger partial charge on any atom is -0.493 e. The van der Waals surface area contributed by atoms with Gasteiger partial charge in [0.1, 0.15) is 11.3 Å². The summed E-state index contributed by atoms with van der Waals surface area (Å²) in [5, 5.41) is 0. The molecule has 4 aromatic rings. The molecule has 0 saturated heterocycles. The number of hydrogen-bond acceptors (Lipinski definition) is 6. The molecule has 2 aliphatic heterocycles. The average Bonchev–Trinajstić information content (AvgIpc) is 3.22. The minimum atomic E-state index is -0.395. The lowest BCUT2D eigenvalue weighted by atomic mass is 9.97. The van der Waals surface area contributed by atoms with Crippen molar-refractivity contribution < 1.29 is 23.5 Å². The molecule has 2 amide bonds. The van der Waals surface area contributed by atoms with Gasteiger partial charge in [0.2, 0.25) is 0 Å². The molecule has 42 heavy (non-hydrogen) atoms. The lowest BCUT2D eigenvalue weighted by molar-refractivity contribution is 0.0647. The molecule has 0 fully saturated rings. The van der Waals surface area contributed by atoms with Crippen LogP contribution in [0.2, 0.25) is 0 Å². The van der Waals surface area contributed by atoms with Crippen LogP contribution in [0.4, 0.5) is 10.1 Å². The number of rotatable bonds is 6. The number of nitrogens with zero attached hydrogens (tertiary/aromatic N) is 4. The molecule has 0 unspecified atom stereocenters. The van der Waals surface area contributed by atoms with Gasteiger partial charge >= 0.3 is 5.69 Å². The smallest absolute Gasteiger partial charge is 0.330 e. The van der Waals surface area contributed by atoms with E-state index in [0.29, 0.717) is 63.6 Å². The maximum absolute atomic E-state index is 14.1. The predicted octanol–water partition coefficient (Wildman–Crippen LogP) is 4.17. The Morgan fingerprint density at radius 3 is 2.07 bits per heavy atom. The van der Waals surface area contributed by atoms with Gasteiger partial charge in [0.25, 0.3) is 11.8 Å². The van der Waals surface area contributed by atoms with Crippen LogP contribution < -0.4 is 20.7 Å². The van der Waals surface area contributed by atoms with Crippen molar-refractivity contribution in [1.82, 2.24) is 14.0 Å². The van der Waals surface area contributed by atoms with E-state index >= 15 is 0 Å². The molecule has 0 saturated carbocycles. The second kappa shape index (κ2) is 10.4. The Kier molecular flexibility index (Phi) is 6.76. The van der Waals surface area contributed by atoms with Crippen LogP contribution in [0.15, 0.2) is 64.4 Å². The van der Waals surface area contributed by atoms with Crippen LogP contribution in [0.5, 0.6) is 11.5 Å². The summed E-state index contributed by atoms with van der Waals surface area (Å²) in [6.45, 7) is 3.95. The van der Waals surface area contributed by atoms with Crippen LogP contribution in [-0.4, -0.2) is 46.6 Å². The van der Waals surface area contributed by atoms with Crippen LogP contribution in [0.3, 0.4) is 0 Å². The molecule has 9 nitrogen and oxygen atoms in total. The summed E-state index contributed by atoms with van der Waals surface area (Å²) in [4.78, 5) is 46.2. The van der Waals surface area contributed by atoms with E-state index < -0.39 is 11.8 Å². The molecule has 0 radical (unpaired) electrons. The maximum atomic E-state index is 14.1. The number of carbonyl (C=O) groups excluding carboxylic acids is 2. The molecule has 6 rings (SSSR count). The molecule has 3 aromatic carbocycles.